The number of hydrogen-bond donors (Lipinski definition) is 0. The molecule has 8 nitrogen and oxygen atoms in total. The summed E-state index contributed by atoms with van der Waals surface area (Å²) in [5, 5.41) is 10.1. The molecule has 0 saturated carbocycles. The first-order chi connectivity index (χ1) is 18.0. The maximum absolute atomic E-state index is 13.3. The summed E-state index contributed by atoms with van der Waals surface area (Å²) in [5.74, 6) is 2.29. The summed E-state index contributed by atoms with van der Waals surface area (Å²) in [6.45, 7) is 5.99. The molecule has 0 unspecified atom stereocenters. The van der Waals surface area contributed by atoms with E-state index in [4.69, 9.17) is 9.72 Å². The molecule has 0 spiro atoms. The van der Waals surface area contributed by atoms with Crippen LogP contribution in [0.25, 0.3) is 27.9 Å². The Morgan fingerprint density at radius 1 is 0.973 bits per heavy atom. The molecule has 1 atom stereocenters. The normalized spacial score (nSPS) is 15.9. The van der Waals surface area contributed by atoms with Crippen molar-refractivity contribution in [2.24, 2.45) is 0 Å². The zero-order valence-electron chi connectivity index (χ0n) is 21.1. The summed E-state index contributed by atoms with van der Waals surface area (Å²) in [4.78, 5) is 22.6. The van der Waals surface area contributed by atoms with Crippen LogP contribution in [0.1, 0.15) is 22.8 Å². The van der Waals surface area contributed by atoms with Gasteiger partial charge in [0.1, 0.15) is 5.75 Å². The fourth-order valence-electron chi connectivity index (χ4n) is 5.11. The van der Waals surface area contributed by atoms with Crippen LogP contribution < -0.4 is 9.64 Å². The first-order valence-electron chi connectivity index (χ1n) is 12.4. The molecule has 1 fully saturated rings. The molecule has 3 heterocycles. The lowest BCUT2D eigenvalue weighted by molar-refractivity contribution is 0.0673. The zero-order valence-corrected chi connectivity index (χ0v) is 21.1. The third-order valence-corrected chi connectivity index (χ3v) is 6.99. The maximum atomic E-state index is 13.3. The van der Waals surface area contributed by atoms with Gasteiger partial charge in [0.2, 0.25) is 5.95 Å². The van der Waals surface area contributed by atoms with Crippen molar-refractivity contribution in [2.75, 3.05) is 31.6 Å². The minimum atomic E-state index is 0.00170. The molecule has 0 bridgehead atoms. The van der Waals surface area contributed by atoms with E-state index < -0.39 is 0 Å². The number of carbonyl (C=O) groups is 1. The Bertz CT molecular complexity index is 1630. The van der Waals surface area contributed by atoms with E-state index in [1.165, 1.54) is 0 Å². The van der Waals surface area contributed by atoms with Crippen LogP contribution in [0.15, 0.2) is 72.8 Å². The number of benzene rings is 3. The predicted molar refractivity (Wildman–Crippen MR) is 144 cm³/mol. The topological polar surface area (TPSA) is 75.9 Å². The van der Waals surface area contributed by atoms with E-state index in [1.54, 1.807) is 7.11 Å². The van der Waals surface area contributed by atoms with Crippen LogP contribution in [0, 0.1) is 6.92 Å². The number of ether oxygens (including phenoxy) is 1. The van der Waals surface area contributed by atoms with Crippen LogP contribution in [-0.2, 0) is 0 Å². The second-order valence-electron chi connectivity index (χ2n) is 9.51. The fourth-order valence-corrected chi connectivity index (χ4v) is 5.11. The van der Waals surface area contributed by atoms with Gasteiger partial charge in [-0.15, -0.1) is 10.2 Å². The van der Waals surface area contributed by atoms with E-state index in [0.717, 1.165) is 44.9 Å². The minimum Gasteiger partial charge on any atom is -0.497 e. The quantitative estimate of drug-likeness (QED) is 0.365. The second kappa shape index (κ2) is 9.20. The number of aryl methyl sites for hydroxylation is 1. The van der Waals surface area contributed by atoms with Gasteiger partial charge in [0.05, 0.1) is 12.6 Å². The summed E-state index contributed by atoms with van der Waals surface area (Å²) in [6.07, 6.45) is 0. The number of piperazine rings is 1. The highest BCUT2D eigenvalue weighted by Crippen LogP contribution is 2.31. The Labute approximate surface area is 215 Å². The van der Waals surface area contributed by atoms with Crippen molar-refractivity contribution in [3.8, 4) is 17.1 Å². The van der Waals surface area contributed by atoms with Gasteiger partial charge >= 0.3 is 0 Å². The highest BCUT2D eigenvalue weighted by Gasteiger charge is 2.31. The molecule has 0 N–H and O–H groups in total. The first-order valence-corrected chi connectivity index (χ1v) is 12.4. The summed E-state index contributed by atoms with van der Waals surface area (Å²) < 4.78 is 7.48. The highest BCUT2D eigenvalue weighted by atomic mass is 16.5. The van der Waals surface area contributed by atoms with Crippen LogP contribution in [-0.4, -0.2) is 63.2 Å². The third-order valence-electron chi connectivity index (χ3n) is 6.99. The summed E-state index contributed by atoms with van der Waals surface area (Å²) in [5.41, 5.74) is 4.32. The van der Waals surface area contributed by atoms with Crippen molar-refractivity contribution in [2.45, 2.75) is 19.9 Å². The number of fused-ring (bicyclic) bond motifs is 3. The number of amides is 1. The van der Waals surface area contributed by atoms with Crippen LogP contribution in [0.5, 0.6) is 5.75 Å². The van der Waals surface area contributed by atoms with Crippen molar-refractivity contribution >= 4 is 28.4 Å². The predicted octanol–water partition coefficient (Wildman–Crippen LogP) is 4.61. The molecule has 5 aromatic rings. The lowest BCUT2D eigenvalue weighted by Gasteiger charge is -2.40. The van der Waals surface area contributed by atoms with E-state index >= 15 is 0 Å². The monoisotopic (exact) mass is 492 g/mol. The van der Waals surface area contributed by atoms with Crippen LogP contribution in [0.3, 0.4) is 0 Å². The average Bonchev–Trinajstić information content (AvgIpc) is 3.38. The molecule has 1 saturated heterocycles. The molecule has 1 amide bonds. The van der Waals surface area contributed by atoms with Crippen molar-refractivity contribution in [1.29, 1.82) is 0 Å². The van der Waals surface area contributed by atoms with Gasteiger partial charge in [-0.05, 0) is 50.2 Å². The van der Waals surface area contributed by atoms with Crippen molar-refractivity contribution < 1.29 is 9.53 Å². The number of rotatable bonds is 4. The number of hydrogen-bond acceptors (Lipinski definition) is 6. The third kappa shape index (κ3) is 4.04. The van der Waals surface area contributed by atoms with Gasteiger partial charge in [-0.2, -0.15) is 0 Å². The number of anilines is 1. The number of nitrogens with zero attached hydrogens (tertiary/aromatic N) is 6. The van der Waals surface area contributed by atoms with E-state index in [2.05, 4.69) is 22.0 Å². The van der Waals surface area contributed by atoms with Gasteiger partial charge in [0.25, 0.3) is 5.91 Å². The molecule has 37 heavy (non-hydrogen) atoms. The molecule has 1 aliphatic heterocycles. The molecule has 6 rings (SSSR count). The van der Waals surface area contributed by atoms with Crippen molar-refractivity contribution in [3.63, 3.8) is 0 Å². The van der Waals surface area contributed by atoms with E-state index in [9.17, 15) is 4.79 Å². The Hall–Kier alpha value is -4.46. The lowest BCUT2D eigenvalue weighted by Crippen LogP contribution is -2.54. The van der Waals surface area contributed by atoms with Gasteiger partial charge < -0.3 is 14.5 Å². The number of methoxy groups -OCH3 is 1. The van der Waals surface area contributed by atoms with Crippen molar-refractivity contribution in [1.82, 2.24) is 24.5 Å². The minimum absolute atomic E-state index is 0.00170. The first kappa shape index (κ1) is 23.0. The Balaban J connectivity index is 1.41. The van der Waals surface area contributed by atoms with Crippen molar-refractivity contribution in [3.05, 3.63) is 83.9 Å². The summed E-state index contributed by atoms with van der Waals surface area (Å²) in [6, 6.07) is 23.6. The molecule has 0 radical (unpaired) electrons. The molecular weight excluding hydrogens is 464 g/mol. The maximum Gasteiger partial charge on any atom is 0.254 e. The Morgan fingerprint density at radius 2 is 1.81 bits per heavy atom. The Morgan fingerprint density at radius 3 is 2.62 bits per heavy atom. The SMILES string of the molecule is COc1cccc(-c2nnc3c4ccccc4nc(N4CCN(C(=O)c5cccc(C)c5)[C@H](C)C4)n23)c1. The molecule has 3 aromatic carbocycles. The number of aromatic nitrogens is 4. The standard InChI is InChI=1S/C29H28N6O2/c1-19-8-6-10-22(16-19)28(36)34-15-14-33(18-20(34)2)29-30-25-13-5-4-12-24(25)27-32-31-26(35(27)29)21-9-7-11-23(17-21)37-3/h4-13,16-17,20H,14-15,18H2,1-3H3/t20-/m1/s1. The molecule has 0 aliphatic carbocycles. The van der Waals surface area contributed by atoms with Gasteiger partial charge in [-0.1, -0.05) is 42.0 Å². The molecular formula is C29H28N6O2. The fraction of sp³-hybridized carbons (Fsp3) is 0.241. The number of carbonyl (C=O) groups excluding carboxylic acids is 1. The highest BCUT2D eigenvalue weighted by molar-refractivity contribution is 5.95. The van der Waals surface area contributed by atoms with Gasteiger partial charge in [-0.25, -0.2) is 9.38 Å². The van der Waals surface area contributed by atoms with Gasteiger partial charge in [-0.3, -0.25) is 4.79 Å². The van der Waals surface area contributed by atoms with Crippen LogP contribution in [0.2, 0.25) is 0 Å². The van der Waals surface area contributed by atoms with Crippen LogP contribution in [0.4, 0.5) is 5.95 Å². The number of para-hydroxylation sites is 1. The van der Waals surface area contributed by atoms with E-state index in [1.807, 2.05) is 89.0 Å². The van der Waals surface area contributed by atoms with E-state index in [0.29, 0.717) is 25.5 Å². The molecule has 186 valence electrons. The molecule has 1 aliphatic rings. The van der Waals surface area contributed by atoms with Crippen LogP contribution >= 0.6 is 0 Å². The van der Waals surface area contributed by atoms with Gasteiger partial charge in [0, 0.05) is 42.2 Å². The Kier molecular flexibility index (Phi) is 5.71. The second-order valence-corrected chi connectivity index (χ2v) is 9.51. The molecule has 2 aromatic heterocycles. The summed E-state index contributed by atoms with van der Waals surface area (Å²) in [7, 11) is 1.65. The summed E-state index contributed by atoms with van der Waals surface area (Å²) >= 11 is 0. The molecule has 8 heteroatoms. The smallest absolute Gasteiger partial charge is 0.254 e. The largest absolute Gasteiger partial charge is 0.497 e. The van der Waals surface area contributed by atoms with E-state index in [-0.39, 0.29) is 11.9 Å². The lowest BCUT2D eigenvalue weighted by atomic mass is 10.1. The average molecular weight is 493 g/mol. The zero-order chi connectivity index (χ0) is 25.5. The van der Waals surface area contributed by atoms with Gasteiger partial charge in [0.15, 0.2) is 11.5 Å².